The third-order valence-corrected chi connectivity index (χ3v) is 39.6. The summed E-state index contributed by atoms with van der Waals surface area (Å²) in [5.41, 5.74) is 24.6. The Morgan fingerprint density at radius 2 is 0.732 bits per heavy atom. The maximum atomic E-state index is 12.9. The van der Waals surface area contributed by atoms with E-state index in [-0.39, 0.29) is 16.6 Å². The summed E-state index contributed by atoms with van der Waals surface area (Å²) >= 11 is 32.2. The van der Waals surface area contributed by atoms with E-state index in [1.165, 1.54) is 69.2 Å². The number of carbonyl (C=O) groups is 3. The van der Waals surface area contributed by atoms with Crippen molar-refractivity contribution in [1.29, 1.82) is 0 Å². The number of aryl methyl sites for hydroxylation is 10. The summed E-state index contributed by atoms with van der Waals surface area (Å²) in [6, 6.07) is 56.3. The van der Waals surface area contributed by atoms with E-state index in [0.717, 1.165) is 268 Å². The molecule has 33 heteroatoms. The minimum absolute atomic E-state index is 0.0820. The van der Waals surface area contributed by atoms with Crippen LogP contribution in [0.4, 0.5) is 0 Å². The maximum Gasteiger partial charge on any atom is 0.352 e. The van der Waals surface area contributed by atoms with E-state index in [2.05, 4.69) is 148 Å². The van der Waals surface area contributed by atoms with Crippen molar-refractivity contribution in [2.75, 3.05) is 19.8 Å². The van der Waals surface area contributed by atoms with Gasteiger partial charge in [-0.25, -0.2) is 14.4 Å². The molecule has 9 aromatic heterocycles. The lowest BCUT2D eigenvalue weighted by molar-refractivity contribution is -0.0994. The van der Waals surface area contributed by atoms with E-state index in [1.807, 2.05) is 142 Å². The fraction of sp³-hybridized carbons (Fsp3) is 0.353. The molecule has 762 valence electrons. The molecule has 12 aliphatic rings. The number of fused-ring (bicyclic) bond motifs is 24. The summed E-state index contributed by atoms with van der Waals surface area (Å²) in [6.45, 7) is 7.66. The quantitative estimate of drug-likeness (QED) is 0.120. The van der Waals surface area contributed by atoms with E-state index >= 15 is 0 Å². The van der Waals surface area contributed by atoms with E-state index in [4.69, 9.17) is 74.5 Å². The molecule has 4 N–H and O–H groups in total. The molecule has 3 aliphatic heterocycles. The number of nitrogens with one attached hydrogen (secondary N) is 1. The number of ether oxygens (including phenoxy) is 3. The number of halogens is 3. The molecule has 149 heavy (non-hydrogen) atoms. The summed E-state index contributed by atoms with van der Waals surface area (Å²) in [6.07, 6.45) is 14.2. The Morgan fingerprint density at radius 3 is 1.11 bits per heavy atom. The number of aromatic nitrogens is 15. The van der Waals surface area contributed by atoms with Gasteiger partial charge in [0.25, 0.3) is 0 Å². The van der Waals surface area contributed by atoms with Crippen LogP contribution in [0.2, 0.25) is 15.1 Å². The smallest absolute Gasteiger partial charge is 0.352 e. The highest BCUT2D eigenvalue weighted by Gasteiger charge is 2.62. The average Bonchev–Trinajstić information content (AvgIpc) is 1.60. The van der Waals surface area contributed by atoms with Gasteiger partial charge in [0.2, 0.25) is 0 Å². The molecule has 9 aromatic carbocycles. The van der Waals surface area contributed by atoms with Gasteiger partial charge in [-0.05, 0) is 240 Å². The lowest BCUT2D eigenvalue weighted by Crippen LogP contribution is -2.60. The van der Waals surface area contributed by atoms with Crippen LogP contribution in [0.5, 0.6) is 17.2 Å². The zero-order chi connectivity index (χ0) is 102. The summed E-state index contributed by atoms with van der Waals surface area (Å²) in [5, 5.41) is 76.3. The molecule has 9 saturated carbocycles. The molecule has 9 aliphatic carbocycles. The molecule has 30 rings (SSSR count). The van der Waals surface area contributed by atoms with Gasteiger partial charge < -0.3 is 43.2 Å². The van der Waals surface area contributed by atoms with Gasteiger partial charge in [0.05, 0.1) is 114 Å². The van der Waals surface area contributed by atoms with E-state index in [0.29, 0.717) is 96.2 Å². The standard InChI is InChI=1S/2C39H38ClN5O3S2.C38H36ClN5O3S2/c1-22-34-32(42-45(22)39-16-23(17-39)18-39)21-49-19-25-14-26(44(3)41-25)20-50-27-13-24-7-4-5-8-28(24)33(15-27)48-12-6-9-29-30-10-11-31(40)35(34)36(30)43(2)37(29)38(46)47;1-22-34-32(45(41-22)39-16-23(17-39)18-39)21-49-19-25-14-26(44(3)42-25)20-50-27-13-24-7-4-5-8-28(24)33(15-27)48-12-6-9-29-30-10-11-31(40)35(34)36(30)43(2)37(29)38(46)47;1-21-33-31(44(42-21)38-15-22(16-38)17-38)20-48-18-24-13-25(41-40-24)19-49-26-12-23-6-3-4-7-27(23)32(14-26)47-11-5-8-28-29-9-10-30(39)34(33)35(29)43(2)36(28)37(45)46/h2*4-5,7-8,10-11,13-15,23H,6,9,12,16-21H2,1-3H3,(H,46,47);3-4,6-7,9-10,12-14,22H,5,8,11,15-20H2,1-2H3,(H,40,41)(H,45,46). The highest BCUT2D eigenvalue weighted by Crippen LogP contribution is 2.66. The molecule has 0 amide bonds. The van der Waals surface area contributed by atoms with Crippen LogP contribution in [0.1, 0.15) is 194 Å². The summed E-state index contributed by atoms with van der Waals surface area (Å²) in [4.78, 5) is 42.1. The Kier molecular flexibility index (Phi) is 25.7. The monoisotopic (exact) mass is 2160 g/mol. The number of aromatic amines is 1. The third-order valence-electron chi connectivity index (χ3n) is 32.7. The van der Waals surface area contributed by atoms with Crippen LogP contribution in [0.15, 0.2) is 178 Å². The number of hydrogen-bond acceptors (Lipinski definition) is 18. The number of thioether (sulfide) groups is 6. The van der Waals surface area contributed by atoms with E-state index < -0.39 is 17.9 Å². The Hall–Kier alpha value is -11.6. The summed E-state index contributed by atoms with van der Waals surface area (Å²) in [5.74, 6) is 8.89. The van der Waals surface area contributed by atoms with Crippen LogP contribution in [0, 0.1) is 38.5 Å². The fourth-order valence-corrected chi connectivity index (χ4v) is 31.7. The Morgan fingerprint density at radius 1 is 0.376 bits per heavy atom. The molecule has 0 spiro atoms. The van der Waals surface area contributed by atoms with Crippen molar-refractivity contribution < 1.29 is 43.9 Å². The molecule has 18 aromatic rings. The van der Waals surface area contributed by atoms with Crippen LogP contribution in [-0.2, 0) is 123 Å². The van der Waals surface area contributed by atoms with Gasteiger partial charge >= 0.3 is 17.9 Å². The molecule has 12 heterocycles. The second-order valence-corrected chi connectivity index (χ2v) is 49.4. The van der Waals surface area contributed by atoms with Gasteiger partial charge in [0, 0.05) is 190 Å². The highest BCUT2D eigenvalue weighted by molar-refractivity contribution is 7.99. The molecular weight excluding hydrogens is 2050 g/mol. The van der Waals surface area contributed by atoms with Gasteiger partial charge in [0.15, 0.2) is 0 Å². The van der Waals surface area contributed by atoms with Gasteiger partial charge in [-0.1, -0.05) is 126 Å². The maximum absolute atomic E-state index is 12.9. The number of H-pyrrole nitrogens is 1. The number of carboxylic acids is 3. The second-order valence-electron chi connectivity index (χ2n) is 42.1. The first-order chi connectivity index (χ1) is 72.2. The van der Waals surface area contributed by atoms with Crippen molar-refractivity contribution in [1.82, 2.24) is 72.8 Å². The SMILES string of the molecule is Cc1c2c(nn1C13CC(C1)C3)CSCc1cc(n(C)n1)CSc1cc(c3ccccc3c1)OCCCc1c(C(=O)O)n(C)c3c-2c(Cl)ccc13.Cc1nn(C23CC(C2)C3)c2c1-c1c(Cl)ccc3c(c(C(=O)O)n(C)c13)CCCOc1cc(cc3ccccc13)SCc1cc(n[nH]1)CSC2.Cc1nn(C23CC(C2)C3)c2c1-c1c(Cl)ccc3c(c(C(=O)O)n(C)c13)CCCOc1cc(cc3ccccc13)SCc1cc(nn1C)CSC2. The molecular formula is C116H112Cl3N15O9S6. The van der Waals surface area contributed by atoms with E-state index in [9.17, 15) is 29.7 Å². The topological polar surface area (TPSA) is 272 Å². The van der Waals surface area contributed by atoms with Gasteiger partial charge in [0.1, 0.15) is 34.3 Å². The van der Waals surface area contributed by atoms with Gasteiger partial charge in [-0.3, -0.25) is 28.5 Å². The molecule has 24 nitrogen and oxygen atoms in total. The van der Waals surface area contributed by atoms with Crippen molar-refractivity contribution in [2.45, 2.75) is 200 Å². The average molecular weight is 2160 g/mol. The van der Waals surface area contributed by atoms with Crippen LogP contribution >= 0.6 is 105 Å². The molecule has 30 bridgehead atoms. The number of benzene rings is 9. The van der Waals surface area contributed by atoms with Crippen molar-refractivity contribution in [2.24, 2.45) is 53.0 Å². The minimum atomic E-state index is -0.947. The second kappa shape index (κ2) is 39.0. The van der Waals surface area contributed by atoms with Crippen molar-refractivity contribution in [3.05, 3.63) is 281 Å². The number of aromatic carboxylic acids is 3. The van der Waals surface area contributed by atoms with Crippen LogP contribution < -0.4 is 14.2 Å². The first-order valence-corrected chi connectivity index (χ1v) is 58.8. The predicted octanol–water partition coefficient (Wildman–Crippen LogP) is 27.4. The Balaban J connectivity index is 0.000000116. The first kappa shape index (κ1) is 98.2. The molecule has 0 atom stereocenters. The van der Waals surface area contributed by atoms with Crippen molar-refractivity contribution >= 4 is 188 Å². The minimum Gasteiger partial charge on any atom is -0.493 e. The number of nitrogens with zero attached hydrogens (tertiary/aromatic N) is 14. The largest absolute Gasteiger partial charge is 0.493 e. The number of hydrogen-bond donors (Lipinski definition) is 4. The first-order valence-electron chi connectivity index (χ1n) is 51.2. The number of carboxylic acid groups (broad SMARTS) is 3. The van der Waals surface area contributed by atoms with Gasteiger partial charge in [-0.15, -0.1) is 70.6 Å². The predicted molar refractivity (Wildman–Crippen MR) is 600 cm³/mol. The summed E-state index contributed by atoms with van der Waals surface area (Å²) in [7, 11) is 9.61. The molecule has 0 radical (unpaired) electrons. The molecule has 9 fully saturated rings. The van der Waals surface area contributed by atoms with Crippen LogP contribution in [0.25, 0.3) is 98.4 Å². The van der Waals surface area contributed by atoms with Gasteiger partial charge in [-0.2, -0.15) is 30.6 Å². The lowest BCUT2D eigenvalue weighted by atomic mass is 9.50. The van der Waals surface area contributed by atoms with Crippen LogP contribution in [0.3, 0.4) is 0 Å². The normalized spacial score (nSPS) is 20.6. The third kappa shape index (κ3) is 17.2. The van der Waals surface area contributed by atoms with Crippen LogP contribution in [-0.4, -0.2) is 126 Å². The zero-order valence-electron chi connectivity index (χ0n) is 84.0. The zero-order valence-corrected chi connectivity index (χ0v) is 91.2. The fourth-order valence-electron chi connectivity index (χ4n) is 25.5. The van der Waals surface area contributed by atoms with Crippen molar-refractivity contribution in [3.63, 3.8) is 0 Å². The Bertz CT molecular complexity index is 8390. The lowest BCUT2D eigenvalue weighted by Gasteiger charge is -2.61. The summed E-state index contributed by atoms with van der Waals surface area (Å²) < 4.78 is 35.8. The molecule has 0 unspecified atom stereocenters. The van der Waals surface area contributed by atoms with E-state index in [1.54, 1.807) is 47.0 Å². The molecule has 0 saturated heterocycles. The Labute approximate surface area is 902 Å². The highest BCUT2D eigenvalue weighted by atomic mass is 35.5. The number of rotatable bonds is 6. The van der Waals surface area contributed by atoms with Crippen molar-refractivity contribution in [3.8, 4) is 50.6 Å².